The summed E-state index contributed by atoms with van der Waals surface area (Å²) in [6.07, 6.45) is 1.72. The molecule has 0 fully saturated rings. The molecule has 0 aromatic heterocycles. The molecule has 3 N–H and O–H groups in total. The molecule has 86 valence electrons. The van der Waals surface area contributed by atoms with Gasteiger partial charge in [-0.15, -0.1) is 0 Å². The van der Waals surface area contributed by atoms with Crippen LogP contribution in [-0.4, -0.2) is 10.8 Å². The smallest absolute Gasteiger partial charge is 0.269 e. The van der Waals surface area contributed by atoms with E-state index >= 15 is 0 Å². The molecule has 0 unspecified atom stereocenters. The van der Waals surface area contributed by atoms with Crippen LogP contribution < -0.4 is 11.3 Å². The number of aryl methyl sites for hydroxylation is 1. The Labute approximate surface area is 92.6 Å². The van der Waals surface area contributed by atoms with E-state index in [1.807, 2.05) is 5.43 Å². The van der Waals surface area contributed by atoms with Gasteiger partial charge in [0.15, 0.2) is 0 Å². The summed E-state index contributed by atoms with van der Waals surface area (Å²) in [5.74, 6) is 4.72. The summed E-state index contributed by atoms with van der Waals surface area (Å²) in [6.45, 7) is 0. The molecule has 1 aromatic carbocycles. The molecule has 6 nitrogen and oxygen atoms in total. The first-order valence-corrected chi connectivity index (χ1v) is 4.86. The molecule has 1 aromatic rings. The Morgan fingerprint density at radius 2 is 2.00 bits per heavy atom. The lowest BCUT2D eigenvalue weighted by Crippen LogP contribution is -2.29. The fourth-order valence-corrected chi connectivity index (χ4v) is 1.31. The molecule has 0 aliphatic carbocycles. The molecule has 0 saturated heterocycles. The second kappa shape index (κ2) is 5.82. The number of hydrogen-bond donors (Lipinski definition) is 2. The number of hydrazine groups is 1. The minimum atomic E-state index is -0.439. The van der Waals surface area contributed by atoms with E-state index in [1.165, 1.54) is 12.1 Å². The number of carbonyl (C=O) groups is 1. The van der Waals surface area contributed by atoms with Crippen molar-refractivity contribution in [2.45, 2.75) is 19.3 Å². The molecule has 0 spiro atoms. The third-order valence-electron chi connectivity index (χ3n) is 2.18. The molecule has 0 bridgehead atoms. The number of hydrogen-bond acceptors (Lipinski definition) is 4. The largest absolute Gasteiger partial charge is 0.294 e. The lowest BCUT2D eigenvalue weighted by molar-refractivity contribution is -0.384. The number of non-ortho nitro benzene ring substituents is 1. The highest BCUT2D eigenvalue weighted by atomic mass is 16.6. The highest BCUT2D eigenvalue weighted by Crippen LogP contribution is 2.13. The molecule has 1 amide bonds. The molecule has 0 radical (unpaired) electrons. The number of nitro benzene ring substituents is 1. The average Bonchev–Trinajstić information content (AvgIpc) is 2.29. The van der Waals surface area contributed by atoms with Crippen molar-refractivity contribution >= 4 is 11.6 Å². The van der Waals surface area contributed by atoms with Gasteiger partial charge in [0, 0.05) is 18.6 Å². The number of rotatable bonds is 5. The Bertz CT molecular complexity index is 375. The van der Waals surface area contributed by atoms with Crippen molar-refractivity contribution in [2.24, 2.45) is 5.84 Å². The number of nitro groups is 1. The van der Waals surface area contributed by atoms with E-state index in [0.717, 1.165) is 5.56 Å². The first-order chi connectivity index (χ1) is 7.63. The normalized spacial score (nSPS) is 9.81. The molecule has 0 aliphatic heterocycles. The summed E-state index contributed by atoms with van der Waals surface area (Å²) in [5, 5.41) is 10.4. The van der Waals surface area contributed by atoms with E-state index in [-0.39, 0.29) is 11.6 Å². The van der Waals surface area contributed by atoms with Crippen LogP contribution in [0.1, 0.15) is 18.4 Å². The average molecular weight is 223 g/mol. The highest BCUT2D eigenvalue weighted by molar-refractivity contribution is 5.75. The first-order valence-electron chi connectivity index (χ1n) is 4.86. The second-order valence-electron chi connectivity index (χ2n) is 3.34. The lowest BCUT2D eigenvalue weighted by Gasteiger charge is -2.00. The first kappa shape index (κ1) is 12.1. The third kappa shape index (κ3) is 3.66. The lowest BCUT2D eigenvalue weighted by atomic mass is 10.1. The zero-order valence-electron chi connectivity index (χ0n) is 8.68. The van der Waals surface area contributed by atoms with Crippen LogP contribution in [0.3, 0.4) is 0 Å². The predicted octanol–water partition coefficient (Wildman–Crippen LogP) is 0.907. The number of nitrogens with one attached hydrogen (secondary N) is 1. The van der Waals surface area contributed by atoms with Gasteiger partial charge in [-0.2, -0.15) is 0 Å². The fourth-order valence-electron chi connectivity index (χ4n) is 1.31. The Morgan fingerprint density at radius 3 is 2.50 bits per heavy atom. The fraction of sp³-hybridized carbons (Fsp3) is 0.300. The van der Waals surface area contributed by atoms with Crippen molar-refractivity contribution in [2.75, 3.05) is 0 Å². The number of amides is 1. The van der Waals surface area contributed by atoms with Gasteiger partial charge in [0.25, 0.3) is 5.69 Å². The van der Waals surface area contributed by atoms with Gasteiger partial charge in [-0.25, -0.2) is 5.84 Å². The summed E-state index contributed by atoms with van der Waals surface area (Å²) >= 11 is 0. The van der Waals surface area contributed by atoms with Crippen LogP contribution in [0.2, 0.25) is 0 Å². The van der Waals surface area contributed by atoms with E-state index < -0.39 is 4.92 Å². The Hall–Kier alpha value is -1.95. The van der Waals surface area contributed by atoms with Crippen LogP contribution in [0, 0.1) is 10.1 Å². The molecule has 0 saturated carbocycles. The van der Waals surface area contributed by atoms with Crippen molar-refractivity contribution in [3.8, 4) is 0 Å². The van der Waals surface area contributed by atoms with Gasteiger partial charge in [-0.3, -0.25) is 20.3 Å². The van der Waals surface area contributed by atoms with Crippen LogP contribution in [0.4, 0.5) is 5.69 Å². The van der Waals surface area contributed by atoms with Gasteiger partial charge in [-0.05, 0) is 18.4 Å². The summed E-state index contributed by atoms with van der Waals surface area (Å²) in [6, 6.07) is 6.30. The van der Waals surface area contributed by atoms with Gasteiger partial charge >= 0.3 is 0 Å². The van der Waals surface area contributed by atoms with Gasteiger partial charge in [-0.1, -0.05) is 12.1 Å². The molecule has 0 heterocycles. The van der Waals surface area contributed by atoms with E-state index in [4.69, 9.17) is 5.84 Å². The van der Waals surface area contributed by atoms with Crippen LogP contribution in [0.15, 0.2) is 24.3 Å². The van der Waals surface area contributed by atoms with Gasteiger partial charge in [0.05, 0.1) is 4.92 Å². The zero-order valence-corrected chi connectivity index (χ0v) is 8.68. The Balaban J connectivity index is 2.43. The summed E-state index contributed by atoms with van der Waals surface area (Å²) < 4.78 is 0. The van der Waals surface area contributed by atoms with E-state index in [2.05, 4.69) is 0 Å². The SMILES string of the molecule is NNC(=O)CCCc1ccc([N+](=O)[O-])cc1. The topological polar surface area (TPSA) is 98.3 Å². The molecule has 1 rings (SSSR count). The van der Waals surface area contributed by atoms with E-state index in [0.29, 0.717) is 19.3 Å². The van der Waals surface area contributed by atoms with Gasteiger partial charge in [0.1, 0.15) is 0 Å². The van der Waals surface area contributed by atoms with Crippen molar-refractivity contribution in [3.63, 3.8) is 0 Å². The minimum absolute atomic E-state index is 0.0726. The Kier molecular flexibility index (Phi) is 4.41. The van der Waals surface area contributed by atoms with Crippen LogP contribution in [-0.2, 0) is 11.2 Å². The molecule has 16 heavy (non-hydrogen) atoms. The summed E-state index contributed by atoms with van der Waals surface area (Å²) in [5.41, 5.74) is 3.09. The number of benzene rings is 1. The van der Waals surface area contributed by atoms with Crippen LogP contribution in [0.25, 0.3) is 0 Å². The minimum Gasteiger partial charge on any atom is -0.294 e. The maximum Gasteiger partial charge on any atom is 0.269 e. The molecule has 0 atom stereocenters. The number of nitrogens with two attached hydrogens (primary N) is 1. The molecule has 0 aliphatic rings. The zero-order chi connectivity index (χ0) is 12.0. The quantitative estimate of drug-likeness (QED) is 0.335. The van der Waals surface area contributed by atoms with Crippen LogP contribution in [0.5, 0.6) is 0 Å². The van der Waals surface area contributed by atoms with E-state index in [1.54, 1.807) is 12.1 Å². The van der Waals surface area contributed by atoms with Crippen LogP contribution >= 0.6 is 0 Å². The molecular weight excluding hydrogens is 210 g/mol. The molecule has 6 heteroatoms. The van der Waals surface area contributed by atoms with Crippen molar-refractivity contribution in [3.05, 3.63) is 39.9 Å². The maximum absolute atomic E-state index is 10.8. The second-order valence-corrected chi connectivity index (χ2v) is 3.34. The van der Waals surface area contributed by atoms with Crippen molar-refractivity contribution < 1.29 is 9.72 Å². The van der Waals surface area contributed by atoms with Gasteiger partial charge in [0.2, 0.25) is 5.91 Å². The highest BCUT2D eigenvalue weighted by Gasteiger charge is 2.04. The summed E-state index contributed by atoms with van der Waals surface area (Å²) in [4.78, 5) is 20.8. The maximum atomic E-state index is 10.8. The summed E-state index contributed by atoms with van der Waals surface area (Å²) in [7, 11) is 0. The molecular formula is C10H13N3O3. The van der Waals surface area contributed by atoms with Crippen molar-refractivity contribution in [1.29, 1.82) is 0 Å². The Morgan fingerprint density at radius 1 is 1.38 bits per heavy atom. The standard InChI is InChI=1S/C10H13N3O3/c11-12-10(14)3-1-2-8-4-6-9(7-5-8)13(15)16/h4-7H,1-3,11H2,(H,12,14). The monoisotopic (exact) mass is 223 g/mol. The number of carbonyl (C=O) groups excluding carboxylic acids is 1. The van der Waals surface area contributed by atoms with E-state index in [9.17, 15) is 14.9 Å². The van der Waals surface area contributed by atoms with Gasteiger partial charge < -0.3 is 0 Å². The van der Waals surface area contributed by atoms with Crippen molar-refractivity contribution in [1.82, 2.24) is 5.43 Å². The third-order valence-corrected chi connectivity index (χ3v) is 2.18. The predicted molar refractivity (Wildman–Crippen MR) is 58.4 cm³/mol. The number of nitrogens with zero attached hydrogens (tertiary/aromatic N) is 1.